The molecule has 0 fully saturated rings. The molecule has 0 saturated carbocycles. The first-order valence-electron chi connectivity index (χ1n) is 6.86. The Kier molecular flexibility index (Phi) is 5.98. The van der Waals surface area contributed by atoms with Gasteiger partial charge in [-0.15, -0.1) is 11.6 Å². The van der Waals surface area contributed by atoms with Crippen LogP contribution in [0.4, 0.5) is 0 Å². The van der Waals surface area contributed by atoms with E-state index < -0.39 is 0 Å². The van der Waals surface area contributed by atoms with Crippen molar-refractivity contribution in [3.63, 3.8) is 0 Å². The van der Waals surface area contributed by atoms with Crippen LogP contribution in [-0.4, -0.2) is 6.61 Å². The molecule has 0 amide bonds. The highest BCUT2D eigenvalue weighted by Gasteiger charge is 2.16. The van der Waals surface area contributed by atoms with Gasteiger partial charge in [-0.05, 0) is 64.2 Å². The second-order valence-corrected chi connectivity index (χ2v) is 6.55. The molecule has 4 heteroatoms. The number of alkyl halides is 1. The Morgan fingerprint density at radius 1 is 1.24 bits per heavy atom. The summed E-state index contributed by atoms with van der Waals surface area (Å²) >= 11 is 16.3. The van der Waals surface area contributed by atoms with Crippen molar-refractivity contribution in [3.8, 4) is 5.75 Å². The summed E-state index contributed by atoms with van der Waals surface area (Å²) in [5.41, 5.74) is 3.05. The van der Waals surface area contributed by atoms with E-state index in [-0.39, 0.29) is 5.38 Å². The smallest absolute Gasteiger partial charge is 0.133 e. The zero-order valence-electron chi connectivity index (χ0n) is 12.0. The largest absolute Gasteiger partial charge is 0.492 e. The predicted octanol–water partition coefficient (Wildman–Crippen LogP) is 6.53. The monoisotopic (exact) mass is 386 g/mol. The molecular formula is C17H17BrCl2O. The van der Waals surface area contributed by atoms with Crippen LogP contribution in [0.1, 0.15) is 35.4 Å². The first-order valence-corrected chi connectivity index (χ1v) is 8.46. The molecule has 0 radical (unpaired) electrons. The molecule has 0 spiro atoms. The van der Waals surface area contributed by atoms with Gasteiger partial charge in [-0.25, -0.2) is 0 Å². The molecule has 2 aromatic rings. The van der Waals surface area contributed by atoms with Gasteiger partial charge in [0.05, 0.1) is 16.5 Å². The van der Waals surface area contributed by atoms with Gasteiger partial charge in [0, 0.05) is 5.02 Å². The second kappa shape index (κ2) is 7.53. The lowest BCUT2D eigenvalue weighted by atomic mass is 10.00. The minimum absolute atomic E-state index is 0.236. The van der Waals surface area contributed by atoms with E-state index in [9.17, 15) is 0 Å². The summed E-state index contributed by atoms with van der Waals surface area (Å²) in [5.74, 6) is 0.840. The maximum Gasteiger partial charge on any atom is 0.133 e. The molecule has 0 N–H and O–H groups in total. The summed E-state index contributed by atoms with van der Waals surface area (Å²) in [6.07, 6.45) is 0.980. The normalized spacial score (nSPS) is 12.2. The van der Waals surface area contributed by atoms with Crippen LogP contribution >= 0.6 is 39.1 Å². The van der Waals surface area contributed by atoms with Gasteiger partial charge >= 0.3 is 0 Å². The molecule has 112 valence electrons. The van der Waals surface area contributed by atoms with Crippen LogP contribution in [0.3, 0.4) is 0 Å². The third-order valence-corrected chi connectivity index (χ3v) is 4.81. The van der Waals surface area contributed by atoms with Crippen molar-refractivity contribution in [3.05, 3.63) is 62.6 Å². The number of hydrogen-bond donors (Lipinski definition) is 0. The van der Waals surface area contributed by atoms with Gasteiger partial charge in [0.25, 0.3) is 0 Å². The zero-order valence-corrected chi connectivity index (χ0v) is 15.1. The molecule has 0 aliphatic heterocycles. The van der Waals surface area contributed by atoms with E-state index in [1.165, 1.54) is 0 Å². The Hall–Kier alpha value is -0.700. The van der Waals surface area contributed by atoms with Gasteiger partial charge in [0.15, 0.2) is 0 Å². The van der Waals surface area contributed by atoms with Gasteiger partial charge in [-0.3, -0.25) is 0 Å². The van der Waals surface area contributed by atoms with Crippen molar-refractivity contribution in [2.45, 2.75) is 25.6 Å². The number of halogens is 3. The van der Waals surface area contributed by atoms with Crippen molar-refractivity contribution in [1.82, 2.24) is 0 Å². The predicted molar refractivity (Wildman–Crippen MR) is 93.8 cm³/mol. The lowest BCUT2D eigenvalue weighted by molar-refractivity contribution is 0.315. The zero-order chi connectivity index (χ0) is 15.4. The molecule has 0 saturated heterocycles. The molecule has 1 atom stereocenters. The van der Waals surface area contributed by atoms with Crippen molar-refractivity contribution < 1.29 is 4.74 Å². The SMILES string of the molecule is CCCOc1ccc(C(Cl)c2cccc(Cl)c2C)cc1Br. The third-order valence-electron chi connectivity index (χ3n) is 3.29. The molecule has 2 aromatic carbocycles. The van der Waals surface area contributed by atoms with E-state index in [1.807, 2.05) is 43.3 Å². The molecule has 1 nitrogen and oxygen atoms in total. The summed E-state index contributed by atoms with van der Waals surface area (Å²) in [4.78, 5) is 0. The Morgan fingerprint density at radius 2 is 2.00 bits per heavy atom. The Morgan fingerprint density at radius 3 is 2.67 bits per heavy atom. The average Bonchev–Trinajstić information content (AvgIpc) is 2.48. The molecule has 0 heterocycles. The third kappa shape index (κ3) is 3.94. The lowest BCUT2D eigenvalue weighted by Gasteiger charge is -2.16. The lowest BCUT2D eigenvalue weighted by Crippen LogP contribution is -1.99. The number of rotatable bonds is 5. The molecule has 2 rings (SSSR count). The van der Waals surface area contributed by atoms with Crippen molar-refractivity contribution >= 4 is 39.1 Å². The fourth-order valence-electron chi connectivity index (χ4n) is 2.08. The number of benzene rings is 2. The Balaban J connectivity index is 2.29. The molecule has 0 aliphatic carbocycles. The minimum atomic E-state index is -0.236. The van der Waals surface area contributed by atoms with Crippen molar-refractivity contribution in [1.29, 1.82) is 0 Å². The van der Waals surface area contributed by atoms with Gasteiger partial charge in [-0.2, -0.15) is 0 Å². The highest BCUT2D eigenvalue weighted by Crippen LogP contribution is 2.36. The van der Waals surface area contributed by atoms with Crippen LogP contribution in [0.25, 0.3) is 0 Å². The van der Waals surface area contributed by atoms with Crippen LogP contribution in [0.2, 0.25) is 5.02 Å². The second-order valence-electron chi connectivity index (χ2n) is 4.85. The van der Waals surface area contributed by atoms with E-state index in [0.717, 1.165) is 38.4 Å². The molecule has 21 heavy (non-hydrogen) atoms. The quantitative estimate of drug-likeness (QED) is 0.530. The Bertz CT molecular complexity index is 628. The van der Waals surface area contributed by atoms with Crippen LogP contribution in [0.15, 0.2) is 40.9 Å². The van der Waals surface area contributed by atoms with Gasteiger partial charge in [0.1, 0.15) is 5.75 Å². The van der Waals surface area contributed by atoms with Crippen LogP contribution in [0.5, 0.6) is 5.75 Å². The molecule has 0 aliphatic rings. The highest BCUT2D eigenvalue weighted by molar-refractivity contribution is 9.10. The first kappa shape index (κ1) is 16.7. The standard InChI is InChI=1S/C17H17BrCl2O/c1-3-9-21-16-8-7-12(10-14(16)18)17(20)13-5-4-6-15(19)11(13)2/h4-8,10,17H,3,9H2,1-2H3. The van der Waals surface area contributed by atoms with Crippen LogP contribution in [-0.2, 0) is 0 Å². The summed E-state index contributed by atoms with van der Waals surface area (Å²) in [6, 6.07) is 11.8. The fourth-order valence-corrected chi connectivity index (χ4v) is 3.15. The van der Waals surface area contributed by atoms with Gasteiger partial charge in [0.2, 0.25) is 0 Å². The highest BCUT2D eigenvalue weighted by atomic mass is 79.9. The van der Waals surface area contributed by atoms with E-state index in [2.05, 4.69) is 22.9 Å². The Labute approximate surface area is 144 Å². The molecule has 0 bridgehead atoms. The summed E-state index contributed by atoms with van der Waals surface area (Å²) in [6.45, 7) is 4.77. The van der Waals surface area contributed by atoms with Crippen LogP contribution < -0.4 is 4.74 Å². The van der Waals surface area contributed by atoms with Gasteiger partial charge in [-0.1, -0.05) is 36.7 Å². The fraction of sp³-hybridized carbons (Fsp3) is 0.294. The van der Waals surface area contributed by atoms with E-state index in [1.54, 1.807) is 0 Å². The van der Waals surface area contributed by atoms with Crippen molar-refractivity contribution in [2.75, 3.05) is 6.61 Å². The van der Waals surface area contributed by atoms with E-state index in [4.69, 9.17) is 27.9 Å². The number of ether oxygens (including phenoxy) is 1. The summed E-state index contributed by atoms with van der Waals surface area (Å²) < 4.78 is 6.57. The minimum Gasteiger partial charge on any atom is -0.492 e. The molecule has 1 unspecified atom stereocenters. The van der Waals surface area contributed by atoms with Gasteiger partial charge < -0.3 is 4.74 Å². The maximum atomic E-state index is 6.62. The summed E-state index contributed by atoms with van der Waals surface area (Å²) in [5, 5.41) is 0.500. The van der Waals surface area contributed by atoms with E-state index >= 15 is 0 Å². The summed E-state index contributed by atoms with van der Waals surface area (Å²) in [7, 11) is 0. The van der Waals surface area contributed by atoms with Crippen LogP contribution in [0, 0.1) is 6.92 Å². The van der Waals surface area contributed by atoms with Crippen molar-refractivity contribution in [2.24, 2.45) is 0 Å². The molecule has 0 aromatic heterocycles. The maximum absolute atomic E-state index is 6.62. The first-order chi connectivity index (χ1) is 10.0. The average molecular weight is 388 g/mol. The topological polar surface area (TPSA) is 9.23 Å². The van der Waals surface area contributed by atoms with E-state index in [0.29, 0.717) is 6.61 Å². The number of hydrogen-bond acceptors (Lipinski definition) is 1. The molecular weight excluding hydrogens is 371 g/mol.